The van der Waals surface area contributed by atoms with E-state index in [1.54, 1.807) is 18.2 Å². The Morgan fingerprint density at radius 2 is 2.00 bits per heavy atom. The van der Waals surface area contributed by atoms with E-state index in [2.05, 4.69) is 28.4 Å². The first-order chi connectivity index (χ1) is 13.6. The molecule has 1 heterocycles. The van der Waals surface area contributed by atoms with E-state index in [1.165, 1.54) is 11.8 Å². The molecule has 0 atom stereocenters. The van der Waals surface area contributed by atoms with Crippen molar-refractivity contribution in [3.8, 4) is 0 Å². The molecule has 1 aromatic carbocycles. The molecule has 0 unspecified atom stereocenters. The third-order valence-electron chi connectivity index (χ3n) is 3.78. The van der Waals surface area contributed by atoms with Gasteiger partial charge in [-0.1, -0.05) is 54.6 Å². The fraction of sp³-hybridized carbons (Fsp3) is 0.286. The molecule has 0 aliphatic carbocycles. The lowest BCUT2D eigenvalue weighted by atomic mass is 10.1. The number of aromatic nitrogens is 2. The van der Waals surface area contributed by atoms with Gasteiger partial charge in [-0.2, -0.15) is 0 Å². The summed E-state index contributed by atoms with van der Waals surface area (Å²) in [6.45, 7) is 11.5. The summed E-state index contributed by atoms with van der Waals surface area (Å²) in [5.74, 6) is 1.31. The van der Waals surface area contributed by atoms with Crippen LogP contribution in [0.1, 0.15) is 29.3 Å². The van der Waals surface area contributed by atoms with Gasteiger partial charge in [0.1, 0.15) is 11.0 Å². The Morgan fingerprint density at radius 3 is 2.68 bits per heavy atom. The van der Waals surface area contributed by atoms with E-state index in [0.717, 1.165) is 17.8 Å². The van der Waals surface area contributed by atoms with Crippen molar-refractivity contribution in [3.63, 3.8) is 0 Å². The Kier molecular flexibility index (Phi) is 9.04. The lowest BCUT2D eigenvalue weighted by Gasteiger charge is -2.20. The summed E-state index contributed by atoms with van der Waals surface area (Å²) in [4.78, 5) is 23.1. The molecule has 0 bridgehead atoms. The summed E-state index contributed by atoms with van der Waals surface area (Å²) in [6, 6.07) is 9.31. The Labute approximate surface area is 175 Å². The first kappa shape index (κ1) is 22.0. The first-order valence-electron chi connectivity index (χ1n) is 9.08. The van der Waals surface area contributed by atoms with E-state index in [9.17, 15) is 4.79 Å². The van der Waals surface area contributed by atoms with Crippen LogP contribution in [0.2, 0.25) is 5.15 Å². The summed E-state index contributed by atoms with van der Waals surface area (Å²) in [7, 11) is 0. The molecular weight excluding hydrogens is 392 g/mol. The highest BCUT2D eigenvalue weighted by atomic mass is 35.5. The highest BCUT2D eigenvalue weighted by molar-refractivity contribution is 7.98. The van der Waals surface area contributed by atoms with Gasteiger partial charge in [0, 0.05) is 37.0 Å². The normalized spacial score (nSPS) is 10.4. The van der Waals surface area contributed by atoms with Crippen LogP contribution < -0.4 is 10.2 Å². The molecule has 0 radical (unpaired) electrons. The van der Waals surface area contributed by atoms with Crippen LogP contribution in [-0.2, 0) is 5.75 Å². The number of nitrogens with zero attached hydrogens (tertiary/aromatic N) is 3. The number of carbonyl (C=O) groups is 1. The first-order valence-corrected chi connectivity index (χ1v) is 10.4. The van der Waals surface area contributed by atoms with Crippen LogP contribution >= 0.6 is 23.4 Å². The fourth-order valence-corrected chi connectivity index (χ4v) is 3.50. The van der Waals surface area contributed by atoms with E-state index in [1.807, 2.05) is 36.1 Å². The third-order valence-corrected chi connectivity index (χ3v) is 4.89. The molecule has 0 fully saturated rings. The number of thioether (sulfide) groups is 1. The number of hydrogen-bond donors (Lipinski definition) is 1. The zero-order valence-electron chi connectivity index (χ0n) is 16.0. The maximum atomic E-state index is 12.1. The zero-order valence-corrected chi connectivity index (χ0v) is 17.6. The van der Waals surface area contributed by atoms with Crippen molar-refractivity contribution in [1.82, 2.24) is 15.3 Å². The summed E-state index contributed by atoms with van der Waals surface area (Å²) in [6.07, 6.45) is 4.52. The van der Waals surface area contributed by atoms with E-state index >= 15 is 0 Å². The maximum absolute atomic E-state index is 12.1. The van der Waals surface area contributed by atoms with Crippen molar-refractivity contribution < 1.29 is 4.79 Å². The Balaban J connectivity index is 2.11. The molecule has 0 saturated carbocycles. The van der Waals surface area contributed by atoms with Crippen molar-refractivity contribution in [2.45, 2.75) is 24.3 Å². The number of anilines is 1. The average molecular weight is 417 g/mol. The van der Waals surface area contributed by atoms with Crippen LogP contribution in [0.5, 0.6) is 0 Å². The van der Waals surface area contributed by atoms with Crippen LogP contribution in [0.3, 0.4) is 0 Å². The van der Waals surface area contributed by atoms with Crippen LogP contribution in [0, 0.1) is 0 Å². The molecule has 0 aliphatic heterocycles. The van der Waals surface area contributed by atoms with Gasteiger partial charge in [0.05, 0.1) is 0 Å². The summed E-state index contributed by atoms with van der Waals surface area (Å²) in [5, 5.41) is 3.86. The van der Waals surface area contributed by atoms with Gasteiger partial charge in [0.25, 0.3) is 5.91 Å². The van der Waals surface area contributed by atoms with Gasteiger partial charge in [-0.3, -0.25) is 4.79 Å². The molecular formula is C21H25ClN4OS. The molecule has 5 nitrogen and oxygen atoms in total. The number of halogens is 1. The molecule has 0 aliphatic rings. The predicted molar refractivity (Wildman–Crippen MR) is 118 cm³/mol. The molecule has 7 heteroatoms. The minimum absolute atomic E-state index is 0.0560. The van der Waals surface area contributed by atoms with Crippen LogP contribution in [-0.4, -0.2) is 35.5 Å². The largest absolute Gasteiger partial charge is 0.352 e. The van der Waals surface area contributed by atoms with Crippen LogP contribution in [0.15, 0.2) is 60.8 Å². The van der Waals surface area contributed by atoms with Gasteiger partial charge in [-0.05, 0) is 24.1 Å². The third kappa shape index (κ3) is 6.69. The van der Waals surface area contributed by atoms with Gasteiger partial charge >= 0.3 is 0 Å². The Bertz CT molecular complexity index is 818. The smallest absolute Gasteiger partial charge is 0.251 e. The molecule has 148 valence electrons. The average Bonchev–Trinajstić information content (AvgIpc) is 2.70. The van der Waals surface area contributed by atoms with Crippen LogP contribution in [0.25, 0.3) is 0 Å². The van der Waals surface area contributed by atoms with Crippen molar-refractivity contribution in [2.75, 3.05) is 24.5 Å². The number of carbonyl (C=O) groups excluding carboxylic acids is 1. The zero-order chi connectivity index (χ0) is 20.4. The summed E-state index contributed by atoms with van der Waals surface area (Å²) < 4.78 is 0. The lowest BCUT2D eigenvalue weighted by molar-refractivity contribution is 0.0953. The lowest BCUT2D eigenvalue weighted by Crippen LogP contribution is -2.24. The SMILES string of the molecule is C=CCN(CC=C)c1cc(Cl)nc(SCc2cccc(C(=O)NCCC)c2)n1. The van der Waals surface area contributed by atoms with Gasteiger partial charge in [-0.15, -0.1) is 13.2 Å². The second kappa shape index (κ2) is 11.5. The molecule has 2 aromatic rings. The van der Waals surface area contributed by atoms with E-state index < -0.39 is 0 Å². The van der Waals surface area contributed by atoms with Gasteiger partial charge < -0.3 is 10.2 Å². The summed E-state index contributed by atoms with van der Waals surface area (Å²) in [5.41, 5.74) is 1.68. The van der Waals surface area contributed by atoms with Crippen molar-refractivity contribution in [2.24, 2.45) is 0 Å². The maximum Gasteiger partial charge on any atom is 0.251 e. The van der Waals surface area contributed by atoms with E-state index in [0.29, 0.717) is 41.3 Å². The molecule has 0 spiro atoms. The van der Waals surface area contributed by atoms with Gasteiger partial charge in [0.15, 0.2) is 5.16 Å². The second-order valence-corrected chi connectivity index (χ2v) is 7.39. The number of rotatable bonds is 11. The van der Waals surface area contributed by atoms with E-state index in [4.69, 9.17) is 11.6 Å². The summed E-state index contributed by atoms with van der Waals surface area (Å²) >= 11 is 7.67. The predicted octanol–water partition coefficient (Wildman–Crippen LogP) is 4.74. The number of hydrogen-bond acceptors (Lipinski definition) is 5. The topological polar surface area (TPSA) is 58.1 Å². The van der Waals surface area contributed by atoms with Crippen molar-refractivity contribution in [1.29, 1.82) is 0 Å². The number of benzene rings is 1. The molecule has 1 N–H and O–H groups in total. The Morgan fingerprint density at radius 1 is 1.25 bits per heavy atom. The molecule has 2 rings (SSSR count). The van der Waals surface area contributed by atoms with E-state index in [-0.39, 0.29) is 5.91 Å². The highest BCUT2D eigenvalue weighted by Gasteiger charge is 2.11. The monoisotopic (exact) mass is 416 g/mol. The minimum Gasteiger partial charge on any atom is -0.352 e. The number of amides is 1. The molecule has 0 saturated heterocycles. The Hall–Kier alpha value is -2.31. The van der Waals surface area contributed by atoms with Crippen LogP contribution in [0.4, 0.5) is 5.82 Å². The highest BCUT2D eigenvalue weighted by Crippen LogP contribution is 2.25. The second-order valence-electron chi connectivity index (χ2n) is 6.06. The fourth-order valence-electron chi connectivity index (χ4n) is 2.48. The van der Waals surface area contributed by atoms with Gasteiger partial charge in [0.2, 0.25) is 0 Å². The number of nitrogens with one attached hydrogen (secondary N) is 1. The molecule has 28 heavy (non-hydrogen) atoms. The quantitative estimate of drug-likeness (QED) is 0.248. The minimum atomic E-state index is -0.0560. The van der Waals surface area contributed by atoms with Crippen molar-refractivity contribution in [3.05, 3.63) is 71.9 Å². The van der Waals surface area contributed by atoms with Crippen molar-refractivity contribution >= 4 is 35.1 Å². The molecule has 1 amide bonds. The standard InChI is InChI=1S/C21H25ClN4OS/c1-4-10-23-20(27)17-9-7-8-16(13-17)15-28-21-24-18(22)14-19(25-21)26(11-5-2)12-6-3/h5-9,13-14H,2-4,10-12,15H2,1H3,(H,23,27). The van der Waals surface area contributed by atoms with Gasteiger partial charge in [-0.25, -0.2) is 9.97 Å². The molecule has 1 aromatic heterocycles.